The van der Waals surface area contributed by atoms with Crippen LogP contribution in [0.3, 0.4) is 0 Å². The molecule has 1 saturated carbocycles. The lowest BCUT2D eigenvalue weighted by molar-refractivity contribution is -0.118. The van der Waals surface area contributed by atoms with Gasteiger partial charge in [0.25, 0.3) is 5.91 Å². The number of Topliss-reactive ketones (excluding diaryl/α,β-unsaturated/α-hetero) is 1. The Hall–Kier alpha value is -2.47. The Bertz CT molecular complexity index is 705. The Morgan fingerprint density at radius 1 is 1.30 bits per heavy atom. The Morgan fingerprint density at radius 3 is 2.57 bits per heavy atom. The molecule has 23 heavy (non-hydrogen) atoms. The molecule has 120 valence electrons. The summed E-state index contributed by atoms with van der Waals surface area (Å²) in [6.45, 7) is 0. The molecule has 6 heteroatoms. The Labute approximate surface area is 134 Å². The van der Waals surface area contributed by atoms with Crippen LogP contribution in [0.4, 0.5) is 0 Å². The maximum atomic E-state index is 12.3. The second-order valence-electron chi connectivity index (χ2n) is 5.98. The number of rotatable bonds is 5. The summed E-state index contributed by atoms with van der Waals surface area (Å²) in [4.78, 5) is 24.5. The zero-order valence-electron chi connectivity index (χ0n) is 12.8. The van der Waals surface area contributed by atoms with Gasteiger partial charge in [-0.3, -0.25) is 14.3 Å². The number of amides is 1. The SMILES string of the molecule is Cn1cc([C@@H](NC(=O)C(=O)c2ccccc2)C2CC(O)C2)cn1. The fraction of sp³-hybridized carbons (Fsp3) is 0.353. The van der Waals surface area contributed by atoms with Crippen LogP contribution in [0.25, 0.3) is 0 Å². The molecule has 1 heterocycles. The molecule has 1 atom stereocenters. The van der Waals surface area contributed by atoms with Crippen molar-refractivity contribution in [1.29, 1.82) is 0 Å². The summed E-state index contributed by atoms with van der Waals surface area (Å²) in [7, 11) is 1.80. The fourth-order valence-corrected chi connectivity index (χ4v) is 2.90. The van der Waals surface area contributed by atoms with Crippen LogP contribution in [-0.2, 0) is 11.8 Å². The van der Waals surface area contributed by atoms with E-state index in [2.05, 4.69) is 10.4 Å². The number of aromatic nitrogens is 2. The van der Waals surface area contributed by atoms with Gasteiger partial charge in [0.1, 0.15) is 0 Å². The van der Waals surface area contributed by atoms with E-state index < -0.39 is 11.7 Å². The van der Waals surface area contributed by atoms with Gasteiger partial charge >= 0.3 is 0 Å². The molecule has 6 nitrogen and oxygen atoms in total. The maximum Gasteiger partial charge on any atom is 0.292 e. The lowest BCUT2D eigenvalue weighted by Gasteiger charge is -2.37. The molecular formula is C17H19N3O3. The minimum absolute atomic E-state index is 0.113. The standard InChI is InChI=1S/C17H19N3O3/c1-20-10-13(9-18-20)15(12-7-14(21)8-12)19-17(23)16(22)11-5-3-2-4-6-11/h2-6,9-10,12,14-15,21H,7-8H2,1H3,(H,19,23)/t12?,14?,15-/m0/s1. The molecule has 1 aromatic heterocycles. The highest BCUT2D eigenvalue weighted by molar-refractivity contribution is 6.42. The average Bonchev–Trinajstić information content (AvgIpc) is 2.96. The molecule has 0 radical (unpaired) electrons. The first kappa shape index (κ1) is 15.4. The number of nitrogens with zero attached hydrogens (tertiary/aromatic N) is 2. The van der Waals surface area contributed by atoms with Crippen molar-refractivity contribution in [3.63, 3.8) is 0 Å². The van der Waals surface area contributed by atoms with Crippen molar-refractivity contribution in [2.24, 2.45) is 13.0 Å². The van der Waals surface area contributed by atoms with Crippen molar-refractivity contribution in [2.75, 3.05) is 0 Å². The normalized spacial score (nSPS) is 21.3. The van der Waals surface area contributed by atoms with Gasteiger partial charge in [-0.25, -0.2) is 0 Å². The number of aliphatic hydroxyl groups excluding tert-OH is 1. The molecule has 0 saturated heterocycles. The number of carbonyl (C=O) groups excluding carboxylic acids is 2. The maximum absolute atomic E-state index is 12.3. The molecule has 3 rings (SSSR count). The van der Waals surface area contributed by atoms with E-state index in [4.69, 9.17) is 0 Å². The summed E-state index contributed by atoms with van der Waals surface area (Å²) in [6.07, 6.45) is 4.39. The number of nitrogens with one attached hydrogen (secondary N) is 1. The fourth-order valence-electron chi connectivity index (χ4n) is 2.90. The monoisotopic (exact) mass is 313 g/mol. The molecule has 1 amide bonds. The highest BCUT2D eigenvalue weighted by Crippen LogP contribution is 2.37. The molecule has 1 aromatic carbocycles. The predicted octanol–water partition coefficient (Wildman–Crippen LogP) is 1.23. The third-order valence-electron chi connectivity index (χ3n) is 4.23. The van der Waals surface area contributed by atoms with E-state index in [-0.39, 0.29) is 18.1 Å². The number of carbonyl (C=O) groups is 2. The van der Waals surface area contributed by atoms with E-state index in [1.807, 2.05) is 6.20 Å². The van der Waals surface area contributed by atoms with Gasteiger partial charge in [-0.1, -0.05) is 30.3 Å². The van der Waals surface area contributed by atoms with Crippen molar-refractivity contribution < 1.29 is 14.7 Å². The van der Waals surface area contributed by atoms with Crippen LogP contribution >= 0.6 is 0 Å². The molecular weight excluding hydrogens is 294 g/mol. The predicted molar refractivity (Wildman–Crippen MR) is 83.6 cm³/mol. The number of aliphatic hydroxyl groups is 1. The largest absolute Gasteiger partial charge is 0.393 e. The van der Waals surface area contributed by atoms with Gasteiger partial charge in [0.05, 0.1) is 18.3 Å². The van der Waals surface area contributed by atoms with Gasteiger partial charge in [0, 0.05) is 24.4 Å². The van der Waals surface area contributed by atoms with Crippen LogP contribution in [0.15, 0.2) is 42.7 Å². The van der Waals surface area contributed by atoms with E-state index >= 15 is 0 Å². The highest BCUT2D eigenvalue weighted by atomic mass is 16.3. The van der Waals surface area contributed by atoms with E-state index in [1.54, 1.807) is 48.3 Å². The molecule has 1 fully saturated rings. The first-order chi connectivity index (χ1) is 11.0. The zero-order chi connectivity index (χ0) is 16.4. The molecule has 2 aromatic rings. The lowest BCUT2D eigenvalue weighted by atomic mass is 9.75. The second-order valence-corrected chi connectivity index (χ2v) is 5.98. The van der Waals surface area contributed by atoms with Gasteiger partial charge in [0.2, 0.25) is 5.78 Å². The third kappa shape index (κ3) is 3.32. The third-order valence-corrected chi connectivity index (χ3v) is 4.23. The molecule has 1 aliphatic rings. The zero-order valence-corrected chi connectivity index (χ0v) is 12.8. The minimum atomic E-state index is -0.633. The van der Waals surface area contributed by atoms with Crippen LogP contribution in [-0.4, -0.2) is 32.7 Å². The van der Waals surface area contributed by atoms with Gasteiger partial charge in [0.15, 0.2) is 0 Å². The number of hydrogen-bond acceptors (Lipinski definition) is 4. The van der Waals surface area contributed by atoms with Crippen molar-refractivity contribution in [3.05, 3.63) is 53.9 Å². The number of benzene rings is 1. The van der Waals surface area contributed by atoms with E-state index in [0.717, 1.165) is 5.56 Å². The van der Waals surface area contributed by atoms with Crippen molar-refractivity contribution in [1.82, 2.24) is 15.1 Å². The minimum Gasteiger partial charge on any atom is -0.393 e. The molecule has 0 aliphatic heterocycles. The van der Waals surface area contributed by atoms with E-state index in [1.165, 1.54) is 0 Å². The van der Waals surface area contributed by atoms with Crippen molar-refractivity contribution in [3.8, 4) is 0 Å². The summed E-state index contributed by atoms with van der Waals surface area (Å²) < 4.78 is 1.66. The summed E-state index contributed by atoms with van der Waals surface area (Å²) >= 11 is 0. The Kier molecular flexibility index (Phi) is 4.25. The molecule has 0 bridgehead atoms. The van der Waals surface area contributed by atoms with Gasteiger partial charge in [-0.05, 0) is 18.8 Å². The Morgan fingerprint density at radius 2 is 2.00 bits per heavy atom. The average molecular weight is 313 g/mol. The van der Waals surface area contributed by atoms with Gasteiger partial charge in [-0.2, -0.15) is 5.10 Å². The second kappa shape index (κ2) is 6.34. The first-order valence-corrected chi connectivity index (χ1v) is 7.61. The van der Waals surface area contributed by atoms with E-state index in [0.29, 0.717) is 18.4 Å². The number of aryl methyl sites for hydroxylation is 1. The Balaban J connectivity index is 1.76. The van der Waals surface area contributed by atoms with Crippen LogP contribution in [0.5, 0.6) is 0 Å². The first-order valence-electron chi connectivity index (χ1n) is 7.61. The van der Waals surface area contributed by atoms with Crippen molar-refractivity contribution in [2.45, 2.75) is 25.0 Å². The smallest absolute Gasteiger partial charge is 0.292 e. The highest BCUT2D eigenvalue weighted by Gasteiger charge is 2.37. The summed E-state index contributed by atoms with van der Waals surface area (Å²) in [5, 5.41) is 16.5. The van der Waals surface area contributed by atoms with Gasteiger partial charge < -0.3 is 10.4 Å². The van der Waals surface area contributed by atoms with Crippen LogP contribution in [0.1, 0.15) is 34.8 Å². The van der Waals surface area contributed by atoms with Crippen LogP contribution < -0.4 is 5.32 Å². The molecule has 0 spiro atoms. The number of hydrogen-bond donors (Lipinski definition) is 2. The van der Waals surface area contributed by atoms with Crippen LogP contribution in [0.2, 0.25) is 0 Å². The lowest BCUT2D eigenvalue weighted by Crippen LogP contribution is -2.43. The summed E-state index contributed by atoms with van der Waals surface area (Å²) in [6, 6.07) is 8.17. The summed E-state index contributed by atoms with van der Waals surface area (Å²) in [5.74, 6) is -1.08. The molecule has 2 N–H and O–H groups in total. The summed E-state index contributed by atoms with van der Waals surface area (Å²) in [5.41, 5.74) is 1.21. The topological polar surface area (TPSA) is 84.2 Å². The molecule has 0 unspecified atom stereocenters. The van der Waals surface area contributed by atoms with Crippen molar-refractivity contribution >= 4 is 11.7 Å². The van der Waals surface area contributed by atoms with Gasteiger partial charge in [-0.15, -0.1) is 0 Å². The van der Waals surface area contributed by atoms with E-state index in [9.17, 15) is 14.7 Å². The molecule has 1 aliphatic carbocycles. The number of ketones is 1. The quantitative estimate of drug-likeness (QED) is 0.642. The van der Waals surface area contributed by atoms with Crippen LogP contribution in [0, 0.1) is 5.92 Å².